The minimum Gasteiger partial charge on any atom is -0.342 e. The number of hydrogen-bond acceptors (Lipinski definition) is 6. The molecule has 0 aliphatic heterocycles. The lowest BCUT2D eigenvalue weighted by Crippen LogP contribution is -2.25. The van der Waals surface area contributed by atoms with Gasteiger partial charge in [-0.05, 0) is 23.4 Å². The van der Waals surface area contributed by atoms with Gasteiger partial charge in [-0.15, -0.1) is 11.3 Å². The summed E-state index contributed by atoms with van der Waals surface area (Å²) in [6.45, 7) is 4.27. The van der Waals surface area contributed by atoms with Gasteiger partial charge in [0.25, 0.3) is 5.91 Å². The molecule has 0 unspecified atom stereocenters. The fraction of sp³-hybridized carbons (Fsp3) is 0.375. The van der Waals surface area contributed by atoms with Gasteiger partial charge in [0.2, 0.25) is 5.89 Å². The molecule has 0 fully saturated rings. The smallest absolute Gasteiger partial charge is 0.269 e. The Labute approximate surface area is 143 Å². The third kappa shape index (κ3) is 3.70. The summed E-state index contributed by atoms with van der Waals surface area (Å²) in [4.78, 5) is 17.7. The second-order valence-electron chi connectivity index (χ2n) is 5.78. The van der Waals surface area contributed by atoms with Crippen LogP contribution < -0.4 is 5.32 Å². The zero-order valence-corrected chi connectivity index (χ0v) is 14.6. The van der Waals surface area contributed by atoms with Crippen molar-refractivity contribution in [3.63, 3.8) is 0 Å². The SMILES string of the molecule is CC(C)c1cc(C(=O)NCc2nc(Cc3cccs3)no2)n(C)n1. The molecule has 0 aliphatic carbocycles. The molecule has 1 N–H and O–H groups in total. The number of carbonyl (C=O) groups is 1. The Morgan fingerprint density at radius 1 is 1.46 bits per heavy atom. The van der Waals surface area contributed by atoms with Crippen molar-refractivity contribution in [3.8, 4) is 0 Å². The summed E-state index contributed by atoms with van der Waals surface area (Å²) in [5.74, 6) is 1.06. The topological polar surface area (TPSA) is 85.8 Å². The van der Waals surface area contributed by atoms with Crippen LogP contribution in [0, 0.1) is 0 Å². The van der Waals surface area contributed by atoms with Crippen molar-refractivity contribution in [2.75, 3.05) is 0 Å². The van der Waals surface area contributed by atoms with Crippen molar-refractivity contribution in [3.05, 3.63) is 51.6 Å². The monoisotopic (exact) mass is 345 g/mol. The molecule has 0 spiro atoms. The van der Waals surface area contributed by atoms with Crippen molar-refractivity contribution in [1.82, 2.24) is 25.2 Å². The fourth-order valence-electron chi connectivity index (χ4n) is 2.23. The van der Waals surface area contributed by atoms with Gasteiger partial charge in [-0.2, -0.15) is 10.1 Å². The molecular formula is C16H19N5O2S. The Balaban J connectivity index is 1.59. The van der Waals surface area contributed by atoms with Gasteiger partial charge >= 0.3 is 0 Å². The summed E-state index contributed by atoms with van der Waals surface area (Å²) in [6.07, 6.45) is 0.634. The molecule has 0 bridgehead atoms. The Morgan fingerprint density at radius 2 is 2.29 bits per heavy atom. The molecule has 24 heavy (non-hydrogen) atoms. The minimum atomic E-state index is -0.213. The Morgan fingerprint density at radius 3 is 2.96 bits per heavy atom. The highest BCUT2D eigenvalue weighted by Crippen LogP contribution is 2.14. The van der Waals surface area contributed by atoms with Crippen molar-refractivity contribution in [2.45, 2.75) is 32.7 Å². The van der Waals surface area contributed by atoms with E-state index in [4.69, 9.17) is 4.52 Å². The van der Waals surface area contributed by atoms with Gasteiger partial charge in [-0.25, -0.2) is 0 Å². The maximum atomic E-state index is 12.3. The standard InChI is InChI=1S/C16H19N5O2S/c1-10(2)12-8-13(21(3)19-12)16(22)17-9-15-18-14(20-23-15)7-11-5-4-6-24-11/h4-6,8,10H,7,9H2,1-3H3,(H,17,22). The first-order chi connectivity index (χ1) is 11.5. The van der Waals surface area contributed by atoms with E-state index >= 15 is 0 Å². The normalized spacial score (nSPS) is 11.2. The number of aromatic nitrogens is 4. The molecule has 7 nitrogen and oxygen atoms in total. The number of thiophene rings is 1. The molecule has 3 rings (SSSR count). The van der Waals surface area contributed by atoms with Gasteiger partial charge in [-0.1, -0.05) is 25.1 Å². The van der Waals surface area contributed by atoms with Crippen molar-refractivity contribution in [1.29, 1.82) is 0 Å². The van der Waals surface area contributed by atoms with Gasteiger partial charge in [0, 0.05) is 18.3 Å². The molecule has 0 radical (unpaired) electrons. The average molecular weight is 345 g/mol. The third-order valence-corrected chi connectivity index (χ3v) is 4.42. The van der Waals surface area contributed by atoms with Gasteiger partial charge in [0.1, 0.15) is 5.69 Å². The molecule has 3 aromatic rings. The maximum absolute atomic E-state index is 12.3. The molecule has 0 aliphatic rings. The van der Waals surface area contributed by atoms with E-state index in [1.807, 2.05) is 31.4 Å². The lowest BCUT2D eigenvalue weighted by molar-refractivity contribution is 0.0937. The van der Waals surface area contributed by atoms with Crippen LogP contribution in [0.1, 0.15) is 52.5 Å². The summed E-state index contributed by atoms with van der Waals surface area (Å²) >= 11 is 1.65. The highest BCUT2D eigenvalue weighted by Gasteiger charge is 2.16. The van der Waals surface area contributed by atoms with Crippen LogP contribution in [0.5, 0.6) is 0 Å². The number of nitrogens with zero attached hydrogens (tertiary/aromatic N) is 4. The van der Waals surface area contributed by atoms with Gasteiger partial charge < -0.3 is 9.84 Å². The van der Waals surface area contributed by atoms with Crippen molar-refractivity contribution in [2.24, 2.45) is 7.05 Å². The first-order valence-electron chi connectivity index (χ1n) is 7.69. The van der Waals surface area contributed by atoms with Crippen molar-refractivity contribution < 1.29 is 9.32 Å². The molecule has 0 aromatic carbocycles. The van der Waals surface area contributed by atoms with E-state index in [9.17, 15) is 4.79 Å². The molecular weight excluding hydrogens is 326 g/mol. The lowest BCUT2D eigenvalue weighted by Gasteiger charge is -2.01. The summed E-state index contributed by atoms with van der Waals surface area (Å²) < 4.78 is 6.76. The number of hydrogen-bond donors (Lipinski definition) is 1. The first kappa shape index (κ1) is 16.4. The van der Waals surface area contributed by atoms with E-state index in [1.165, 1.54) is 4.88 Å². The van der Waals surface area contributed by atoms with Crippen LogP contribution in [-0.2, 0) is 20.0 Å². The minimum absolute atomic E-state index is 0.193. The highest BCUT2D eigenvalue weighted by atomic mass is 32.1. The van der Waals surface area contributed by atoms with Crippen LogP contribution in [0.4, 0.5) is 0 Å². The number of rotatable bonds is 6. The Hall–Kier alpha value is -2.48. The fourth-order valence-corrected chi connectivity index (χ4v) is 2.93. The summed E-state index contributed by atoms with van der Waals surface area (Å²) in [7, 11) is 1.76. The third-order valence-electron chi connectivity index (χ3n) is 3.55. The van der Waals surface area contributed by atoms with E-state index in [1.54, 1.807) is 29.1 Å². The number of carbonyl (C=O) groups excluding carboxylic acids is 1. The van der Waals surface area contributed by atoms with E-state index < -0.39 is 0 Å². The predicted molar refractivity (Wildman–Crippen MR) is 89.9 cm³/mol. The quantitative estimate of drug-likeness (QED) is 0.742. The average Bonchev–Trinajstić information content (AvgIpc) is 3.26. The van der Waals surface area contributed by atoms with Crippen LogP contribution in [-0.4, -0.2) is 25.8 Å². The molecule has 1 amide bonds. The van der Waals surface area contributed by atoms with E-state index in [-0.39, 0.29) is 18.4 Å². The molecule has 0 saturated heterocycles. The maximum Gasteiger partial charge on any atom is 0.269 e. The Bertz CT molecular complexity index is 820. The molecule has 3 heterocycles. The highest BCUT2D eigenvalue weighted by molar-refractivity contribution is 7.09. The van der Waals surface area contributed by atoms with Crippen LogP contribution >= 0.6 is 11.3 Å². The van der Waals surface area contributed by atoms with E-state index in [0.29, 0.717) is 23.8 Å². The van der Waals surface area contributed by atoms with E-state index in [0.717, 1.165) is 5.69 Å². The largest absolute Gasteiger partial charge is 0.342 e. The second-order valence-corrected chi connectivity index (χ2v) is 6.81. The molecule has 3 aromatic heterocycles. The predicted octanol–water partition coefficient (Wildman–Crippen LogP) is 2.51. The number of aryl methyl sites for hydroxylation is 1. The first-order valence-corrected chi connectivity index (χ1v) is 8.57. The van der Waals surface area contributed by atoms with Crippen LogP contribution in [0.2, 0.25) is 0 Å². The Kier molecular flexibility index (Phi) is 4.75. The zero-order valence-electron chi connectivity index (χ0n) is 13.8. The van der Waals surface area contributed by atoms with E-state index in [2.05, 4.69) is 20.6 Å². The number of amides is 1. The summed E-state index contributed by atoms with van der Waals surface area (Å²) in [6, 6.07) is 5.81. The summed E-state index contributed by atoms with van der Waals surface area (Å²) in [5, 5.41) is 13.1. The van der Waals surface area contributed by atoms with Gasteiger partial charge in [0.15, 0.2) is 5.82 Å². The van der Waals surface area contributed by atoms with Crippen LogP contribution in [0.3, 0.4) is 0 Å². The number of nitrogens with one attached hydrogen (secondary N) is 1. The zero-order chi connectivity index (χ0) is 17.1. The molecule has 8 heteroatoms. The van der Waals surface area contributed by atoms with Crippen LogP contribution in [0.15, 0.2) is 28.1 Å². The second kappa shape index (κ2) is 6.96. The lowest BCUT2D eigenvalue weighted by atomic mass is 10.1. The summed E-state index contributed by atoms with van der Waals surface area (Å²) in [5.41, 5.74) is 1.40. The van der Waals surface area contributed by atoms with Gasteiger partial charge in [0.05, 0.1) is 12.2 Å². The molecule has 126 valence electrons. The molecule has 0 atom stereocenters. The molecule has 0 saturated carbocycles. The van der Waals surface area contributed by atoms with Gasteiger partial charge in [-0.3, -0.25) is 9.48 Å². The van der Waals surface area contributed by atoms with Crippen LogP contribution in [0.25, 0.3) is 0 Å². The van der Waals surface area contributed by atoms with Crippen molar-refractivity contribution >= 4 is 17.2 Å².